The second kappa shape index (κ2) is 8.15. The van der Waals surface area contributed by atoms with E-state index in [-0.39, 0.29) is 12.1 Å². The lowest BCUT2D eigenvalue weighted by molar-refractivity contribution is -0.117. The summed E-state index contributed by atoms with van der Waals surface area (Å²) in [4.78, 5) is 24.7. The highest BCUT2D eigenvalue weighted by molar-refractivity contribution is 7.15. The largest absolute Gasteiger partial charge is 0.497 e. The number of hydrogen-bond donors (Lipinski definition) is 1. The van der Waals surface area contributed by atoms with Crippen molar-refractivity contribution in [1.29, 1.82) is 0 Å². The summed E-state index contributed by atoms with van der Waals surface area (Å²) in [5.41, 5.74) is 1.17. The van der Waals surface area contributed by atoms with E-state index < -0.39 is 5.91 Å². The number of ether oxygens (including phenoxy) is 1. The Hall–Kier alpha value is -3.66. The third-order valence-corrected chi connectivity index (χ3v) is 4.99. The minimum absolute atomic E-state index is 0.260. The van der Waals surface area contributed by atoms with Gasteiger partial charge in [-0.05, 0) is 29.8 Å². The topological polar surface area (TPSA) is 112 Å². The summed E-state index contributed by atoms with van der Waals surface area (Å²) in [6, 6.07) is 14.5. The molecule has 0 aliphatic carbocycles. The first-order chi connectivity index (χ1) is 14.1. The fourth-order valence-corrected chi connectivity index (χ4v) is 3.51. The van der Waals surface area contributed by atoms with E-state index in [9.17, 15) is 9.59 Å². The first-order valence-corrected chi connectivity index (χ1v) is 9.52. The van der Waals surface area contributed by atoms with Crippen molar-refractivity contribution in [2.24, 2.45) is 0 Å². The van der Waals surface area contributed by atoms with Crippen LogP contribution in [0.25, 0.3) is 10.9 Å². The van der Waals surface area contributed by atoms with Crippen LogP contribution in [0, 0.1) is 0 Å². The summed E-state index contributed by atoms with van der Waals surface area (Å²) < 4.78 is 6.17. The van der Waals surface area contributed by atoms with Crippen LogP contribution in [-0.4, -0.2) is 38.2 Å². The molecule has 0 saturated heterocycles. The van der Waals surface area contributed by atoms with Crippen LogP contribution >= 0.6 is 11.3 Å². The zero-order valence-electron chi connectivity index (χ0n) is 15.4. The fraction of sp³-hybridized carbons (Fsp3) is 0.158. The molecule has 0 saturated carbocycles. The van der Waals surface area contributed by atoms with Crippen molar-refractivity contribution in [3.63, 3.8) is 0 Å². The molecule has 0 radical (unpaired) electrons. The number of fused-ring (bicyclic) bond motifs is 1. The van der Waals surface area contributed by atoms with Crippen LogP contribution in [0.4, 0.5) is 5.13 Å². The first-order valence-electron chi connectivity index (χ1n) is 8.70. The van der Waals surface area contributed by atoms with Gasteiger partial charge in [0.25, 0.3) is 5.56 Å². The SMILES string of the molecule is COc1ccc(Cc2nnc(NC(=O)Cn3nnc4ccccc4c3=O)s2)cc1. The van der Waals surface area contributed by atoms with Gasteiger partial charge in [-0.2, -0.15) is 0 Å². The zero-order chi connectivity index (χ0) is 20.2. The van der Waals surface area contributed by atoms with E-state index in [1.807, 2.05) is 24.3 Å². The number of carbonyl (C=O) groups is 1. The monoisotopic (exact) mass is 408 g/mol. The minimum Gasteiger partial charge on any atom is -0.497 e. The summed E-state index contributed by atoms with van der Waals surface area (Å²) >= 11 is 1.27. The summed E-state index contributed by atoms with van der Waals surface area (Å²) in [6.45, 7) is -0.260. The van der Waals surface area contributed by atoms with Gasteiger partial charge in [0.1, 0.15) is 22.8 Å². The van der Waals surface area contributed by atoms with Crippen LogP contribution < -0.4 is 15.6 Å². The Morgan fingerprint density at radius 2 is 1.90 bits per heavy atom. The van der Waals surface area contributed by atoms with E-state index in [4.69, 9.17) is 4.74 Å². The van der Waals surface area contributed by atoms with Gasteiger partial charge in [0.2, 0.25) is 11.0 Å². The predicted molar refractivity (Wildman–Crippen MR) is 108 cm³/mol. The lowest BCUT2D eigenvalue weighted by atomic mass is 10.1. The molecule has 146 valence electrons. The molecule has 2 aromatic carbocycles. The minimum atomic E-state index is -0.427. The maximum atomic E-state index is 12.4. The van der Waals surface area contributed by atoms with Crippen molar-refractivity contribution in [1.82, 2.24) is 25.2 Å². The maximum Gasteiger partial charge on any atom is 0.278 e. The van der Waals surface area contributed by atoms with Crippen molar-refractivity contribution in [3.8, 4) is 5.75 Å². The Bertz CT molecular complexity index is 1220. The number of methoxy groups -OCH3 is 1. The van der Waals surface area contributed by atoms with Crippen molar-refractivity contribution < 1.29 is 9.53 Å². The smallest absolute Gasteiger partial charge is 0.278 e. The summed E-state index contributed by atoms with van der Waals surface area (Å²) in [5, 5.41) is 20.0. The first kappa shape index (κ1) is 18.7. The number of aromatic nitrogens is 5. The average Bonchev–Trinajstić information content (AvgIpc) is 3.17. The van der Waals surface area contributed by atoms with Gasteiger partial charge in [-0.25, -0.2) is 4.68 Å². The van der Waals surface area contributed by atoms with E-state index in [1.165, 1.54) is 11.3 Å². The molecule has 0 aliphatic rings. The fourth-order valence-electron chi connectivity index (χ4n) is 2.72. The van der Waals surface area contributed by atoms with Crippen LogP contribution in [0.1, 0.15) is 10.6 Å². The molecule has 1 N–H and O–H groups in total. The molecular weight excluding hydrogens is 392 g/mol. The Balaban J connectivity index is 1.41. The molecule has 0 atom stereocenters. The van der Waals surface area contributed by atoms with Gasteiger partial charge < -0.3 is 4.74 Å². The van der Waals surface area contributed by atoms with Gasteiger partial charge >= 0.3 is 0 Å². The quantitative estimate of drug-likeness (QED) is 0.518. The standard InChI is InChI=1S/C19H16N6O3S/c1-28-13-8-6-12(7-9-13)10-17-22-23-19(29-17)20-16(26)11-25-18(27)14-4-2-3-5-15(14)21-24-25/h2-9H,10-11H2,1H3,(H,20,23,26). The molecule has 0 fully saturated rings. The molecule has 4 aromatic rings. The number of benzene rings is 2. The molecular formula is C19H16N6O3S. The normalized spacial score (nSPS) is 10.8. The molecule has 0 spiro atoms. The Morgan fingerprint density at radius 1 is 1.10 bits per heavy atom. The molecule has 0 bridgehead atoms. The number of hydrogen-bond acceptors (Lipinski definition) is 8. The van der Waals surface area contributed by atoms with Crippen molar-refractivity contribution in [3.05, 3.63) is 69.5 Å². The summed E-state index contributed by atoms with van der Waals surface area (Å²) in [7, 11) is 1.62. The van der Waals surface area contributed by atoms with Gasteiger partial charge in [0.05, 0.1) is 12.5 Å². The number of amides is 1. The van der Waals surface area contributed by atoms with E-state index in [0.717, 1.165) is 21.0 Å². The highest BCUT2D eigenvalue weighted by Crippen LogP contribution is 2.20. The maximum absolute atomic E-state index is 12.4. The number of nitrogens with one attached hydrogen (secondary N) is 1. The van der Waals surface area contributed by atoms with Crippen molar-refractivity contribution in [2.75, 3.05) is 12.4 Å². The van der Waals surface area contributed by atoms with Crippen LogP contribution in [0.15, 0.2) is 53.3 Å². The van der Waals surface area contributed by atoms with Gasteiger partial charge in [0.15, 0.2) is 0 Å². The number of rotatable bonds is 6. The Labute approximate surface area is 169 Å². The molecule has 10 heteroatoms. The van der Waals surface area contributed by atoms with Crippen molar-refractivity contribution >= 4 is 33.3 Å². The molecule has 2 heterocycles. The summed E-state index contributed by atoms with van der Waals surface area (Å²) in [5.74, 6) is 0.356. The number of anilines is 1. The van der Waals surface area contributed by atoms with Crippen LogP contribution in [0.5, 0.6) is 5.75 Å². The number of nitrogens with zero attached hydrogens (tertiary/aromatic N) is 5. The molecule has 9 nitrogen and oxygen atoms in total. The van der Waals surface area contributed by atoms with Crippen LogP contribution in [0.3, 0.4) is 0 Å². The van der Waals surface area contributed by atoms with E-state index in [1.54, 1.807) is 31.4 Å². The van der Waals surface area contributed by atoms with Crippen LogP contribution in [0.2, 0.25) is 0 Å². The lowest BCUT2D eigenvalue weighted by Crippen LogP contribution is -2.30. The Morgan fingerprint density at radius 3 is 2.69 bits per heavy atom. The highest BCUT2D eigenvalue weighted by atomic mass is 32.1. The van der Waals surface area contributed by atoms with E-state index in [0.29, 0.717) is 22.5 Å². The second-order valence-electron chi connectivity index (χ2n) is 6.14. The van der Waals surface area contributed by atoms with Crippen molar-refractivity contribution in [2.45, 2.75) is 13.0 Å². The van der Waals surface area contributed by atoms with Gasteiger partial charge in [0, 0.05) is 6.42 Å². The van der Waals surface area contributed by atoms with Crippen LogP contribution in [-0.2, 0) is 17.8 Å². The third kappa shape index (κ3) is 4.27. The van der Waals surface area contributed by atoms with E-state index >= 15 is 0 Å². The molecule has 2 aromatic heterocycles. The predicted octanol–water partition coefficient (Wildman–Crippen LogP) is 1.88. The van der Waals surface area contributed by atoms with Gasteiger partial charge in [-0.15, -0.1) is 15.3 Å². The van der Waals surface area contributed by atoms with Gasteiger partial charge in [-0.3, -0.25) is 14.9 Å². The lowest BCUT2D eigenvalue weighted by Gasteiger charge is -2.04. The zero-order valence-corrected chi connectivity index (χ0v) is 16.2. The molecule has 4 rings (SSSR count). The Kier molecular flexibility index (Phi) is 5.25. The second-order valence-corrected chi connectivity index (χ2v) is 7.21. The highest BCUT2D eigenvalue weighted by Gasteiger charge is 2.12. The van der Waals surface area contributed by atoms with E-state index in [2.05, 4.69) is 25.8 Å². The summed E-state index contributed by atoms with van der Waals surface area (Å²) in [6.07, 6.45) is 0.590. The third-order valence-electron chi connectivity index (χ3n) is 4.15. The van der Waals surface area contributed by atoms with Gasteiger partial charge in [-0.1, -0.05) is 40.8 Å². The average molecular weight is 408 g/mol. The molecule has 0 unspecified atom stereocenters. The number of carbonyl (C=O) groups excluding carboxylic acids is 1. The molecule has 1 amide bonds. The molecule has 29 heavy (non-hydrogen) atoms. The molecule has 0 aliphatic heterocycles.